The molecular weight excluding hydrogens is 266 g/mol. The van der Waals surface area contributed by atoms with Crippen LogP contribution in [0.2, 0.25) is 0 Å². The molecule has 4 heteroatoms. The quantitative estimate of drug-likeness (QED) is 0.769. The van der Waals surface area contributed by atoms with Crippen molar-refractivity contribution in [1.82, 2.24) is 9.78 Å². The highest BCUT2D eigenvalue weighted by Gasteiger charge is 2.01. The molecule has 0 aliphatic heterocycles. The number of thiophene rings is 1. The SMILES string of the molecule is Cc1ccsc1CNc1cccc(Cn2cccn2)c1. The molecule has 0 spiro atoms. The third-order valence-corrected chi connectivity index (χ3v) is 4.27. The zero-order valence-electron chi connectivity index (χ0n) is 11.4. The van der Waals surface area contributed by atoms with Gasteiger partial charge >= 0.3 is 0 Å². The van der Waals surface area contributed by atoms with E-state index in [-0.39, 0.29) is 0 Å². The number of rotatable bonds is 5. The molecule has 0 unspecified atom stereocenters. The summed E-state index contributed by atoms with van der Waals surface area (Å²) in [4.78, 5) is 1.39. The topological polar surface area (TPSA) is 29.9 Å². The van der Waals surface area contributed by atoms with Crippen molar-refractivity contribution in [3.63, 3.8) is 0 Å². The van der Waals surface area contributed by atoms with E-state index in [0.717, 1.165) is 18.8 Å². The number of aromatic nitrogens is 2. The average molecular weight is 283 g/mol. The third-order valence-electron chi connectivity index (χ3n) is 3.25. The van der Waals surface area contributed by atoms with Crippen LogP contribution in [0.4, 0.5) is 5.69 Å². The minimum absolute atomic E-state index is 0.806. The van der Waals surface area contributed by atoms with Gasteiger partial charge in [-0.2, -0.15) is 5.10 Å². The van der Waals surface area contributed by atoms with E-state index in [1.807, 2.05) is 23.1 Å². The summed E-state index contributed by atoms with van der Waals surface area (Å²) in [5.41, 5.74) is 3.76. The van der Waals surface area contributed by atoms with Gasteiger partial charge in [-0.1, -0.05) is 12.1 Å². The zero-order chi connectivity index (χ0) is 13.8. The zero-order valence-corrected chi connectivity index (χ0v) is 12.2. The molecule has 20 heavy (non-hydrogen) atoms. The molecule has 0 radical (unpaired) electrons. The monoisotopic (exact) mass is 283 g/mol. The van der Waals surface area contributed by atoms with Crippen molar-refractivity contribution in [2.75, 3.05) is 5.32 Å². The van der Waals surface area contributed by atoms with E-state index >= 15 is 0 Å². The highest BCUT2D eigenvalue weighted by molar-refractivity contribution is 7.10. The van der Waals surface area contributed by atoms with Gasteiger partial charge in [-0.3, -0.25) is 4.68 Å². The Bertz CT molecular complexity index is 671. The molecule has 0 atom stereocenters. The van der Waals surface area contributed by atoms with Crippen LogP contribution in [0.1, 0.15) is 16.0 Å². The van der Waals surface area contributed by atoms with E-state index in [4.69, 9.17) is 0 Å². The summed E-state index contributed by atoms with van der Waals surface area (Å²) >= 11 is 1.80. The predicted molar refractivity (Wildman–Crippen MR) is 84.2 cm³/mol. The van der Waals surface area contributed by atoms with Gasteiger partial charge in [0.05, 0.1) is 6.54 Å². The Morgan fingerprint density at radius 3 is 2.95 bits per heavy atom. The maximum atomic E-state index is 4.24. The fourth-order valence-corrected chi connectivity index (χ4v) is 2.97. The largest absolute Gasteiger partial charge is 0.380 e. The van der Waals surface area contributed by atoms with Crippen LogP contribution in [-0.2, 0) is 13.1 Å². The molecule has 0 fully saturated rings. The first-order valence-corrected chi connectivity index (χ1v) is 7.52. The minimum atomic E-state index is 0.806. The van der Waals surface area contributed by atoms with E-state index in [1.54, 1.807) is 11.3 Å². The van der Waals surface area contributed by atoms with Crippen molar-refractivity contribution in [1.29, 1.82) is 0 Å². The van der Waals surface area contributed by atoms with Crippen LogP contribution in [0.5, 0.6) is 0 Å². The highest BCUT2D eigenvalue weighted by Crippen LogP contribution is 2.18. The number of anilines is 1. The summed E-state index contributed by atoms with van der Waals surface area (Å²) in [7, 11) is 0. The molecule has 102 valence electrons. The van der Waals surface area contributed by atoms with Gasteiger partial charge < -0.3 is 5.32 Å². The molecule has 2 heterocycles. The maximum Gasteiger partial charge on any atom is 0.0660 e. The van der Waals surface area contributed by atoms with Gasteiger partial charge in [0.1, 0.15) is 0 Å². The molecule has 2 aromatic heterocycles. The average Bonchev–Trinajstić information content (AvgIpc) is 3.09. The third kappa shape index (κ3) is 3.08. The summed E-state index contributed by atoms with van der Waals surface area (Å²) in [6, 6.07) is 12.6. The van der Waals surface area contributed by atoms with Crippen molar-refractivity contribution >= 4 is 17.0 Å². The van der Waals surface area contributed by atoms with Gasteiger partial charge in [-0.15, -0.1) is 11.3 Å². The Hall–Kier alpha value is -2.07. The summed E-state index contributed by atoms with van der Waals surface area (Å²) in [6.45, 7) is 3.84. The first-order valence-electron chi connectivity index (χ1n) is 6.64. The van der Waals surface area contributed by atoms with E-state index in [2.05, 4.69) is 53.1 Å². The Morgan fingerprint density at radius 2 is 2.20 bits per heavy atom. The summed E-state index contributed by atoms with van der Waals surface area (Å²) in [6.07, 6.45) is 3.79. The van der Waals surface area contributed by atoms with Crippen molar-refractivity contribution in [2.24, 2.45) is 0 Å². The standard InChI is InChI=1S/C16H17N3S/c1-13-6-9-20-16(13)11-17-15-5-2-4-14(10-15)12-19-8-3-7-18-19/h2-10,17H,11-12H2,1H3. The van der Waals surface area contributed by atoms with Gasteiger partial charge in [-0.05, 0) is 47.7 Å². The van der Waals surface area contributed by atoms with Crippen LogP contribution >= 0.6 is 11.3 Å². The second kappa shape index (κ2) is 5.92. The summed E-state index contributed by atoms with van der Waals surface area (Å²) < 4.78 is 1.93. The van der Waals surface area contributed by atoms with Crippen LogP contribution in [0.3, 0.4) is 0 Å². The van der Waals surface area contributed by atoms with Gasteiger partial charge in [0.2, 0.25) is 0 Å². The van der Waals surface area contributed by atoms with Crippen molar-refractivity contribution in [3.8, 4) is 0 Å². The molecule has 0 bridgehead atoms. The number of hydrogen-bond donors (Lipinski definition) is 1. The fourth-order valence-electron chi connectivity index (χ4n) is 2.13. The maximum absolute atomic E-state index is 4.24. The lowest BCUT2D eigenvalue weighted by atomic mass is 10.2. The van der Waals surface area contributed by atoms with E-state index < -0.39 is 0 Å². The van der Waals surface area contributed by atoms with Crippen LogP contribution in [0.25, 0.3) is 0 Å². The van der Waals surface area contributed by atoms with Gasteiger partial charge in [0, 0.05) is 29.5 Å². The van der Waals surface area contributed by atoms with E-state index in [1.165, 1.54) is 16.0 Å². The molecule has 0 aliphatic carbocycles. The minimum Gasteiger partial charge on any atom is -0.380 e. The smallest absolute Gasteiger partial charge is 0.0660 e. The Labute approximate surface area is 122 Å². The van der Waals surface area contributed by atoms with Crippen LogP contribution < -0.4 is 5.32 Å². The predicted octanol–water partition coefficient (Wildman–Crippen LogP) is 3.91. The van der Waals surface area contributed by atoms with Crippen molar-refractivity contribution in [3.05, 3.63) is 70.2 Å². The fraction of sp³-hybridized carbons (Fsp3) is 0.188. The molecular formula is C16H17N3S. The molecule has 3 aromatic rings. The van der Waals surface area contributed by atoms with Crippen LogP contribution in [0.15, 0.2) is 54.2 Å². The number of nitrogens with zero attached hydrogens (tertiary/aromatic N) is 2. The number of aryl methyl sites for hydroxylation is 1. The summed E-state index contributed by atoms with van der Waals surface area (Å²) in [5.74, 6) is 0. The second-order valence-electron chi connectivity index (χ2n) is 4.78. The second-order valence-corrected chi connectivity index (χ2v) is 5.79. The molecule has 0 amide bonds. The Balaban J connectivity index is 1.67. The number of hydrogen-bond acceptors (Lipinski definition) is 3. The normalized spacial score (nSPS) is 10.7. The lowest BCUT2D eigenvalue weighted by molar-refractivity contribution is 0.687. The molecule has 1 N–H and O–H groups in total. The first-order chi connectivity index (χ1) is 9.81. The molecule has 3 nitrogen and oxygen atoms in total. The van der Waals surface area contributed by atoms with Gasteiger partial charge in [0.15, 0.2) is 0 Å². The molecule has 1 aromatic carbocycles. The Kier molecular flexibility index (Phi) is 3.83. The van der Waals surface area contributed by atoms with Gasteiger partial charge in [0.25, 0.3) is 0 Å². The van der Waals surface area contributed by atoms with E-state index in [0.29, 0.717) is 0 Å². The van der Waals surface area contributed by atoms with Crippen molar-refractivity contribution < 1.29 is 0 Å². The highest BCUT2D eigenvalue weighted by atomic mass is 32.1. The van der Waals surface area contributed by atoms with Crippen LogP contribution in [-0.4, -0.2) is 9.78 Å². The first kappa shape index (κ1) is 12.9. The molecule has 0 saturated heterocycles. The summed E-state index contributed by atoms with van der Waals surface area (Å²) in [5, 5.41) is 9.87. The van der Waals surface area contributed by atoms with Crippen LogP contribution in [0, 0.1) is 6.92 Å². The lowest BCUT2D eigenvalue weighted by Gasteiger charge is -2.08. The number of benzene rings is 1. The molecule has 3 rings (SSSR count). The molecule has 0 saturated carbocycles. The van der Waals surface area contributed by atoms with E-state index in [9.17, 15) is 0 Å². The Morgan fingerprint density at radius 1 is 1.25 bits per heavy atom. The van der Waals surface area contributed by atoms with Gasteiger partial charge in [-0.25, -0.2) is 0 Å². The molecule has 0 aliphatic rings. The van der Waals surface area contributed by atoms with Crippen molar-refractivity contribution in [2.45, 2.75) is 20.0 Å². The number of nitrogens with one attached hydrogen (secondary N) is 1. The lowest BCUT2D eigenvalue weighted by Crippen LogP contribution is -2.02.